The van der Waals surface area contributed by atoms with Gasteiger partial charge in [0.25, 0.3) is 6.29 Å². The molecule has 53 valence electrons. The fourth-order valence-corrected chi connectivity index (χ4v) is 0.904. The van der Waals surface area contributed by atoms with E-state index in [-0.39, 0.29) is 6.10 Å². The molecule has 3 atom stereocenters. The topological polar surface area (TPSA) is 58.7 Å². The molecule has 0 aliphatic carbocycles. The summed E-state index contributed by atoms with van der Waals surface area (Å²) in [6.07, 6.45) is 0.803. The molecule has 0 saturated carbocycles. The van der Waals surface area contributed by atoms with Gasteiger partial charge in [-0.2, -0.15) is 5.11 Å². The highest BCUT2D eigenvalue weighted by Gasteiger charge is 2.47. The molecule has 0 spiro atoms. The second-order valence-electron chi connectivity index (χ2n) is 2.23. The number of hydrogen-bond acceptors (Lipinski definition) is 3. The molecular weight excluding hydrogens is 136 g/mol. The van der Waals surface area contributed by atoms with Gasteiger partial charge in [0, 0.05) is 6.08 Å². The van der Waals surface area contributed by atoms with Crippen LogP contribution in [0.3, 0.4) is 0 Å². The summed E-state index contributed by atoms with van der Waals surface area (Å²) in [5.41, 5.74) is 0. The first-order chi connectivity index (χ1) is 4.77. The molecule has 10 heavy (non-hydrogen) atoms. The monoisotopic (exact) mass is 141 g/mol. The maximum absolute atomic E-state index is 10.7. The van der Waals surface area contributed by atoms with Gasteiger partial charge in [-0.1, -0.05) is 0 Å². The van der Waals surface area contributed by atoms with E-state index < -0.39 is 18.4 Å². The number of fused-ring (bicyclic) bond motifs is 1. The van der Waals surface area contributed by atoms with Crippen LogP contribution in [0.5, 0.6) is 0 Å². The van der Waals surface area contributed by atoms with Crippen LogP contribution in [0.15, 0.2) is 12.2 Å². The third-order valence-electron chi connectivity index (χ3n) is 1.48. The molecule has 0 amide bonds. The zero-order valence-electron chi connectivity index (χ0n) is 5.02. The third-order valence-corrected chi connectivity index (χ3v) is 1.48. The van der Waals surface area contributed by atoms with Gasteiger partial charge >= 0.3 is 5.97 Å². The molecule has 0 N–H and O–H groups in total. The summed E-state index contributed by atoms with van der Waals surface area (Å²) in [6.45, 7) is 0. The zero-order valence-corrected chi connectivity index (χ0v) is 5.02. The molecule has 2 rings (SSSR count). The average Bonchev–Trinajstić information content (AvgIpc) is 2.59. The molecule has 0 aromatic rings. The molecule has 1 radical (unpaired) electrons. The number of carbonyl (C=O) groups excluding carboxylic acids is 1. The Balaban J connectivity index is 2.15. The molecule has 0 aromatic carbocycles. The summed E-state index contributed by atoms with van der Waals surface area (Å²) in [6, 6.07) is 0. The molecule has 4 heteroatoms. The van der Waals surface area contributed by atoms with Crippen molar-refractivity contribution < 1.29 is 19.4 Å². The zero-order chi connectivity index (χ0) is 7.14. The number of rotatable bonds is 0. The van der Waals surface area contributed by atoms with Crippen LogP contribution in [0.4, 0.5) is 0 Å². The Morgan fingerprint density at radius 3 is 3.10 bits per heavy atom. The first-order valence-electron chi connectivity index (χ1n) is 2.97. The largest absolute Gasteiger partial charge is 0.427 e. The van der Waals surface area contributed by atoms with Gasteiger partial charge in [-0.15, -0.1) is 0 Å². The Bertz CT molecular complexity index is 198. The van der Waals surface area contributed by atoms with E-state index in [4.69, 9.17) is 4.74 Å². The van der Waals surface area contributed by atoms with Crippen LogP contribution >= 0.6 is 0 Å². The second kappa shape index (κ2) is 1.81. The van der Waals surface area contributed by atoms with E-state index in [1.54, 1.807) is 6.08 Å². The number of ether oxygens (including phenoxy) is 2. The average molecular weight is 141 g/mol. The number of esters is 1. The lowest BCUT2D eigenvalue weighted by molar-refractivity contribution is -0.176. The minimum absolute atomic E-state index is 0.186. The van der Waals surface area contributed by atoms with Crippen LogP contribution in [0.1, 0.15) is 0 Å². The standard InChI is InChI=1S/C6H5O4/c7-4-2-1-3-5(9-3)6(8)10-4/h1-3,5-6H. The van der Waals surface area contributed by atoms with Crippen molar-refractivity contribution in [3.8, 4) is 0 Å². The molecule has 0 aromatic heterocycles. The van der Waals surface area contributed by atoms with E-state index in [1.807, 2.05) is 0 Å². The van der Waals surface area contributed by atoms with Crippen LogP contribution in [0.25, 0.3) is 0 Å². The summed E-state index contributed by atoms with van der Waals surface area (Å²) in [4.78, 5) is 10.5. The summed E-state index contributed by atoms with van der Waals surface area (Å²) < 4.78 is 9.20. The van der Waals surface area contributed by atoms with Crippen molar-refractivity contribution in [3.63, 3.8) is 0 Å². The maximum Gasteiger partial charge on any atom is 0.333 e. The molecule has 3 unspecified atom stereocenters. The maximum atomic E-state index is 10.7. The minimum atomic E-state index is -1.34. The van der Waals surface area contributed by atoms with Gasteiger partial charge in [-0.05, 0) is 6.08 Å². The van der Waals surface area contributed by atoms with Crippen LogP contribution < -0.4 is 0 Å². The molecule has 2 aliphatic heterocycles. The molecular formula is C6H5O4. The highest BCUT2D eigenvalue weighted by molar-refractivity contribution is 5.82. The van der Waals surface area contributed by atoms with Crippen molar-refractivity contribution in [1.29, 1.82) is 0 Å². The van der Waals surface area contributed by atoms with Gasteiger partial charge < -0.3 is 9.47 Å². The highest BCUT2D eigenvalue weighted by atomic mass is 16.7. The molecule has 2 heterocycles. The Morgan fingerprint density at radius 2 is 2.30 bits per heavy atom. The van der Waals surface area contributed by atoms with Crippen LogP contribution in [-0.2, 0) is 19.4 Å². The van der Waals surface area contributed by atoms with Crippen molar-refractivity contribution in [3.05, 3.63) is 12.2 Å². The van der Waals surface area contributed by atoms with Crippen molar-refractivity contribution in [2.45, 2.75) is 18.5 Å². The van der Waals surface area contributed by atoms with Gasteiger partial charge in [0.2, 0.25) is 0 Å². The Kier molecular flexibility index (Phi) is 1.06. The predicted molar refractivity (Wildman–Crippen MR) is 28.4 cm³/mol. The summed E-state index contributed by atoms with van der Waals surface area (Å²) in [7, 11) is 0. The molecule has 2 aliphatic rings. The Hall–Kier alpha value is -0.870. The lowest BCUT2D eigenvalue weighted by Gasteiger charge is -2.02. The number of carbonyl (C=O) groups is 1. The van der Waals surface area contributed by atoms with Gasteiger partial charge in [-0.25, -0.2) is 4.79 Å². The van der Waals surface area contributed by atoms with E-state index in [1.165, 1.54) is 6.08 Å². The number of cyclic esters (lactones) is 1. The lowest BCUT2D eigenvalue weighted by atomic mass is 10.3. The van der Waals surface area contributed by atoms with Crippen molar-refractivity contribution in [1.82, 2.24) is 0 Å². The van der Waals surface area contributed by atoms with Crippen LogP contribution in [0, 0.1) is 0 Å². The van der Waals surface area contributed by atoms with Gasteiger partial charge in [0.15, 0.2) is 6.10 Å². The third kappa shape index (κ3) is 0.815. The Morgan fingerprint density at radius 1 is 1.50 bits per heavy atom. The fourth-order valence-electron chi connectivity index (χ4n) is 0.904. The van der Waals surface area contributed by atoms with Crippen molar-refractivity contribution in [2.24, 2.45) is 0 Å². The number of hydrogen-bond donors (Lipinski definition) is 0. The quantitative estimate of drug-likeness (QED) is 0.341. The molecule has 1 saturated heterocycles. The fraction of sp³-hybridized carbons (Fsp3) is 0.500. The molecule has 1 fully saturated rings. The van der Waals surface area contributed by atoms with E-state index >= 15 is 0 Å². The highest BCUT2D eigenvalue weighted by Crippen LogP contribution is 2.29. The summed E-state index contributed by atoms with van der Waals surface area (Å²) in [5, 5.41) is 10.7. The smallest absolute Gasteiger partial charge is 0.333 e. The normalized spacial score (nSPS) is 43.7. The summed E-state index contributed by atoms with van der Waals surface area (Å²) in [5.74, 6) is -0.573. The second-order valence-corrected chi connectivity index (χ2v) is 2.23. The predicted octanol–water partition coefficient (Wildman–Crippen LogP) is -0.377. The van der Waals surface area contributed by atoms with Crippen LogP contribution in [-0.4, -0.2) is 24.5 Å². The van der Waals surface area contributed by atoms with E-state index in [0.717, 1.165) is 0 Å². The van der Waals surface area contributed by atoms with Gasteiger partial charge in [0.1, 0.15) is 6.10 Å². The molecule has 0 bridgehead atoms. The minimum Gasteiger partial charge on any atom is -0.427 e. The van der Waals surface area contributed by atoms with Gasteiger partial charge in [0.05, 0.1) is 0 Å². The SMILES string of the molecule is [O]C1OC(=O)C=CC2OC12. The van der Waals surface area contributed by atoms with E-state index in [9.17, 15) is 9.90 Å². The van der Waals surface area contributed by atoms with E-state index in [0.29, 0.717) is 0 Å². The van der Waals surface area contributed by atoms with Crippen molar-refractivity contribution >= 4 is 5.97 Å². The van der Waals surface area contributed by atoms with Gasteiger partial charge in [-0.3, -0.25) is 0 Å². The van der Waals surface area contributed by atoms with Crippen molar-refractivity contribution in [2.75, 3.05) is 0 Å². The first-order valence-corrected chi connectivity index (χ1v) is 2.97. The summed E-state index contributed by atoms with van der Waals surface area (Å²) >= 11 is 0. The number of epoxide rings is 1. The molecule has 4 nitrogen and oxygen atoms in total. The lowest BCUT2D eigenvalue weighted by Crippen LogP contribution is -2.19. The Labute approximate surface area is 57.0 Å². The first kappa shape index (κ1) is 5.88. The van der Waals surface area contributed by atoms with Crippen LogP contribution in [0.2, 0.25) is 0 Å². The van der Waals surface area contributed by atoms with E-state index in [2.05, 4.69) is 4.74 Å².